The molecule has 1 N–H and O–H groups in total. The molecular weight excluding hydrogens is 350 g/mol. The molecule has 0 radical (unpaired) electrons. The maximum absolute atomic E-state index is 12.3. The Kier molecular flexibility index (Phi) is 7.72. The fraction of sp³-hybridized carbons (Fsp3) is 0.579. The number of nitro groups is 1. The smallest absolute Gasteiger partial charge is 0.338 e. The van der Waals surface area contributed by atoms with Crippen molar-refractivity contribution in [1.82, 2.24) is 10.2 Å². The van der Waals surface area contributed by atoms with Gasteiger partial charge in [-0.05, 0) is 57.3 Å². The molecule has 1 aliphatic heterocycles. The van der Waals surface area contributed by atoms with Gasteiger partial charge in [0, 0.05) is 24.2 Å². The largest absolute Gasteiger partial charge is 0.465 e. The quantitative estimate of drug-likeness (QED) is 0.323. The van der Waals surface area contributed by atoms with Crippen LogP contribution in [0.4, 0.5) is 5.69 Å². The van der Waals surface area contributed by atoms with Gasteiger partial charge in [0.05, 0.1) is 17.6 Å². The van der Waals surface area contributed by atoms with E-state index in [1.54, 1.807) is 0 Å². The molecule has 1 heterocycles. The Hall–Kier alpha value is -2.48. The van der Waals surface area contributed by atoms with Crippen molar-refractivity contribution in [2.75, 3.05) is 33.3 Å². The van der Waals surface area contributed by atoms with Crippen molar-refractivity contribution in [3.8, 4) is 0 Å². The van der Waals surface area contributed by atoms with Crippen LogP contribution in [-0.4, -0.2) is 55.0 Å². The summed E-state index contributed by atoms with van der Waals surface area (Å²) < 4.78 is 4.59. The normalized spacial score (nSPS) is 15.3. The van der Waals surface area contributed by atoms with E-state index in [2.05, 4.69) is 21.9 Å². The van der Waals surface area contributed by atoms with Gasteiger partial charge in [-0.15, -0.1) is 0 Å². The Morgan fingerprint density at radius 2 is 1.89 bits per heavy atom. The van der Waals surface area contributed by atoms with Crippen LogP contribution in [0.25, 0.3) is 0 Å². The minimum absolute atomic E-state index is 0.0174. The zero-order chi connectivity index (χ0) is 19.8. The summed E-state index contributed by atoms with van der Waals surface area (Å²) in [6.45, 7) is 6.06. The van der Waals surface area contributed by atoms with Crippen LogP contribution in [0.2, 0.25) is 0 Å². The summed E-state index contributed by atoms with van der Waals surface area (Å²) in [4.78, 5) is 36.8. The number of hydrogen-bond donors (Lipinski definition) is 1. The molecule has 0 saturated carbocycles. The lowest BCUT2D eigenvalue weighted by Crippen LogP contribution is -2.34. The highest BCUT2D eigenvalue weighted by atomic mass is 16.6. The van der Waals surface area contributed by atoms with Gasteiger partial charge in [-0.1, -0.05) is 6.92 Å². The number of non-ortho nitro benzene ring substituents is 1. The third-order valence-electron chi connectivity index (χ3n) is 4.87. The molecule has 148 valence electrons. The standard InChI is InChI=1S/C19H27N3O5/c1-14-5-9-21(10-6-14)8-4-3-7-20-18(23)15-11-16(19(24)27-2)13-17(12-15)22(25)26/h11-14H,3-10H2,1-2H3,(H,20,23). The van der Waals surface area contributed by atoms with E-state index in [0.29, 0.717) is 6.54 Å². The summed E-state index contributed by atoms with van der Waals surface area (Å²) in [7, 11) is 1.18. The molecular formula is C19H27N3O5. The number of piperidine rings is 1. The van der Waals surface area contributed by atoms with E-state index in [0.717, 1.165) is 50.5 Å². The number of likely N-dealkylation sites (tertiary alicyclic amines) is 1. The van der Waals surface area contributed by atoms with Gasteiger partial charge in [0.2, 0.25) is 0 Å². The summed E-state index contributed by atoms with van der Waals surface area (Å²) in [5.74, 6) is -0.343. The number of rotatable bonds is 8. The predicted octanol–water partition coefficient (Wildman–Crippen LogP) is 2.62. The minimum atomic E-state index is -0.719. The maximum Gasteiger partial charge on any atom is 0.338 e. The Morgan fingerprint density at radius 3 is 2.52 bits per heavy atom. The molecule has 8 nitrogen and oxygen atoms in total. The van der Waals surface area contributed by atoms with Crippen molar-refractivity contribution >= 4 is 17.6 Å². The van der Waals surface area contributed by atoms with Crippen molar-refractivity contribution in [1.29, 1.82) is 0 Å². The zero-order valence-corrected chi connectivity index (χ0v) is 15.9. The second-order valence-corrected chi connectivity index (χ2v) is 7.00. The van der Waals surface area contributed by atoms with Crippen molar-refractivity contribution in [3.05, 3.63) is 39.4 Å². The van der Waals surface area contributed by atoms with E-state index in [9.17, 15) is 19.7 Å². The number of ether oxygens (including phenoxy) is 1. The molecule has 1 fully saturated rings. The molecule has 0 aromatic heterocycles. The van der Waals surface area contributed by atoms with Gasteiger partial charge in [-0.3, -0.25) is 14.9 Å². The number of nitrogens with one attached hydrogen (secondary N) is 1. The van der Waals surface area contributed by atoms with Crippen molar-refractivity contribution < 1.29 is 19.2 Å². The molecule has 0 unspecified atom stereocenters. The van der Waals surface area contributed by atoms with Crippen LogP contribution in [-0.2, 0) is 4.74 Å². The summed E-state index contributed by atoms with van der Waals surface area (Å²) in [5, 5.41) is 13.8. The molecule has 0 aliphatic carbocycles. The van der Waals surface area contributed by atoms with Gasteiger partial charge in [-0.25, -0.2) is 4.79 Å². The van der Waals surface area contributed by atoms with Crippen LogP contribution in [0.15, 0.2) is 18.2 Å². The van der Waals surface area contributed by atoms with Gasteiger partial charge in [0.1, 0.15) is 0 Å². The van der Waals surface area contributed by atoms with Gasteiger partial charge in [-0.2, -0.15) is 0 Å². The first-order valence-electron chi connectivity index (χ1n) is 9.29. The average molecular weight is 377 g/mol. The number of hydrogen-bond acceptors (Lipinski definition) is 6. The highest BCUT2D eigenvalue weighted by Crippen LogP contribution is 2.18. The molecule has 0 atom stereocenters. The van der Waals surface area contributed by atoms with Crippen LogP contribution >= 0.6 is 0 Å². The number of unbranched alkanes of at least 4 members (excludes halogenated alkanes) is 1. The third kappa shape index (κ3) is 6.32. The van der Waals surface area contributed by atoms with Crippen LogP contribution in [0.3, 0.4) is 0 Å². The fourth-order valence-corrected chi connectivity index (χ4v) is 3.13. The van der Waals surface area contributed by atoms with E-state index in [-0.39, 0.29) is 16.8 Å². The second-order valence-electron chi connectivity index (χ2n) is 7.00. The Bertz CT molecular complexity index is 684. The highest BCUT2D eigenvalue weighted by Gasteiger charge is 2.18. The van der Waals surface area contributed by atoms with Gasteiger partial charge < -0.3 is 15.0 Å². The summed E-state index contributed by atoms with van der Waals surface area (Å²) in [5.41, 5.74) is -0.256. The van der Waals surface area contributed by atoms with Crippen molar-refractivity contribution in [2.45, 2.75) is 32.6 Å². The number of nitro benzene ring substituents is 1. The molecule has 1 aromatic carbocycles. The summed E-state index contributed by atoms with van der Waals surface area (Å²) >= 11 is 0. The number of nitrogens with zero attached hydrogens (tertiary/aromatic N) is 2. The highest BCUT2D eigenvalue weighted by molar-refractivity contribution is 5.98. The first kappa shape index (κ1) is 20.8. The van der Waals surface area contributed by atoms with Gasteiger partial charge >= 0.3 is 5.97 Å². The molecule has 0 spiro atoms. The molecule has 8 heteroatoms. The number of esters is 1. The molecule has 1 aromatic rings. The van der Waals surface area contributed by atoms with Crippen molar-refractivity contribution in [2.24, 2.45) is 5.92 Å². The first-order valence-corrected chi connectivity index (χ1v) is 9.29. The average Bonchev–Trinajstić information content (AvgIpc) is 2.67. The summed E-state index contributed by atoms with van der Waals surface area (Å²) in [6, 6.07) is 3.57. The van der Waals surface area contributed by atoms with E-state index < -0.39 is 16.8 Å². The number of benzene rings is 1. The summed E-state index contributed by atoms with van der Waals surface area (Å²) in [6.07, 6.45) is 4.30. The van der Waals surface area contributed by atoms with Crippen molar-refractivity contribution in [3.63, 3.8) is 0 Å². The van der Waals surface area contributed by atoms with E-state index in [4.69, 9.17) is 0 Å². The second kappa shape index (κ2) is 10.0. The van der Waals surface area contributed by atoms with Gasteiger partial charge in [0.25, 0.3) is 11.6 Å². The Labute approximate surface area is 159 Å². The molecule has 27 heavy (non-hydrogen) atoms. The lowest BCUT2D eigenvalue weighted by atomic mass is 9.99. The molecule has 1 amide bonds. The monoisotopic (exact) mass is 377 g/mol. The van der Waals surface area contributed by atoms with E-state index in [1.807, 2.05) is 0 Å². The topological polar surface area (TPSA) is 102 Å². The molecule has 2 rings (SSSR count). The van der Waals surface area contributed by atoms with Crippen LogP contribution in [0, 0.1) is 16.0 Å². The Balaban J connectivity index is 1.83. The van der Waals surface area contributed by atoms with Crippen LogP contribution < -0.4 is 5.32 Å². The van der Waals surface area contributed by atoms with E-state index in [1.165, 1.54) is 26.0 Å². The lowest BCUT2D eigenvalue weighted by Gasteiger charge is -2.30. The maximum atomic E-state index is 12.3. The number of methoxy groups -OCH3 is 1. The zero-order valence-electron chi connectivity index (χ0n) is 15.9. The molecule has 0 bridgehead atoms. The predicted molar refractivity (Wildman–Crippen MR) is 101 cm³/mol. The van der Waals surface area contributed by atoms with E-state index >= 15 is 0 Å². The molecule has 1 aliphatic rings. The number of carbonyl (C=O) groups excluding carboxylic acids is 2. The lowest BCUT2D eigenvalue weighted by molar-refractivity contribution is -0.384. The number of amides is 1. The fourth-order valence-electron chi connectivity index (χ4n) is 3.13. The van der Waals surface area contributed by atoms with Crippen LogP contribution in [0.5, 0.6) is 0 Å². The third-order valence-corrected chi connectivity index (χ3v) is 4.87. The molecule has 1 saturated heterocycles. The number of carbonyl (C=O) groups is 2. The van der Waals surface area contributed by atoms with Crippen LogP contribution in [0.1, 0.15) is 53.3 Å². The SMILES string of the molecule is COC(=O)c1cc(C(=O)NCCCCN2CCC(C)CC2)cc([N+](=O)[O-])c1. The first-order chi connectivity index (χ1) is 12.9. The minimum Gasteiger partial charge on any atom is -0.465 e. The van der Waals surface area contributed by atoms with Gasteiger partial charge in [0.15, 0.2) is 0 Å². The Morgan fingerprint density at radius 1 is 1.22 bits per heavy atom.